The Morgan fingerprint density at radius 2 is 2.12 bits per heavy atom. The topological polar surface area (TPSA) is 24.4 Å². The maximum Gasteiger partial charge on any atom is 0.0864 e. The summed E-state index contributed by atoms with van der Waals surface area (Å²) in [6, 6.07) is 8.09. The Hall–Kier alpha value is -1.22. The van der Waals surface area contributed by atoms with Crippen molar-refractivity contribution in [2.24, 2.45) is 4.99 Å². The molecular weight excluding hydrogens is 228 g/mol. The number of unbranched alkanes of at least 4 members (excludes halogenated alkanes) is 2. The zero-order valence-electron chi connectivity index (χ0n) is 10.2. The van der Waals surface area contributed by atoms with Gasteiger partial charge < -0.3 is 5.32 Å². The molecule has 1 heterocycles. The van der Waals surface area contributed by atoms with E-state index in [1.165, 1.54) is 25.0 Å². The van der Waals surface area contributed by atoms with Crippen LogP contribution in [-0.2, 0) is 0 Å². The van der Waals surface area contributed by atoms with Crippen LogP contribution >= 0.6 is 12.2 Å². The summed E-state index contributed by atoms with van der Waals surface area (Å²) < 4.78 is 0. The fourth-order valence-corrected chi connectivity index (χ4v) is 2.27. The second kappa shape index (κ2) is 5.92. The predicted octanol–water partition coefficient (Wildman–Crippen LogP) is 4.48. The van der Waals surface area contributed by atoms with E-state index in [-0.39, 0.29) is 0 Å². The number of benzene rings is 1. The highest BCUT2D eigenvalue weighted by molar-refractivity contribution is 7.80. The fourth-order valence-electron chi connectivity index (χ4n) is 1.99. The molecule has 0 radical (unpaired) electrons. The summed E-state index contributed by atoms with van der Waals surface area (Å²) in [7, 11) is 0. The van der Waals surface area contributed by atoms with Crippen molar-refractivity contribution in [2.45, 2.75) is 39.0 Å². The first-order valence-corrected chi connectivity index (χ1v) is 6.65. The molecule has 90 valence electrons. The molecule has 0 atom stereocenters. The van der Waals surface area contributed by atoms with Gasteiger partial charge in [-0.25, -0.2) is 0 Å². The van der Waals surface area contributed by atoms with Gasteiger partial charge in [0.1, 0.15) is 0 Å². The third-order valence-electron chi connectivity index (χ3n) is 2.89. The zero-order chi connectivity index (χ0) is 12.1. The molecule has 1 N–H and O–H groups in total. The Bertz CT molecular complexity index is 438. The number of rotatable bonds is 4. The molecule has 1 aromatic rings. The van der Waals surface area contributed by atoms with Gasteiger partial charge in [0.25, 0.3) is 0 Å². The monoisotopic (exact) mass is 246 g/mol. The van der Waals surface area contributed by atoms with Crippen LogP contribution in [0.1, 0.15) is 39.0 Å². The molecule has 0 aliphatic carbocycles. The smallest absolute Gasteiger partial charge is 0.0864 e. The van der Waals surface area contributed by atoms with Crippen molar-refractivity contribution in [1.82, 2.24) is 0 Å². The van der Waals surface area contributed by atoms with Crippen LogP contribution in [0.5, 0.6) is 0 Å². The largest absolute Gasteiger partial charge is 0.348 e. The van der Waals surface area contributed by atoms with Gasteiger partial charge in [-0.2, -0.15) is 0 Å². The summed E-state index contributed by atoms with van der Waals surface area (Å²) >= 11 is 5.33. The molecule has 2 rings (SSSR count). The third-order valence-corrected chi connectivity index (χ3v) is 3.14. The highest BCUT2D eigenvalue weighted by Crippen LogP contribution is 2.28. The molecule has 0 fully saturated rings. The number of fused-ring (bicyclic) bond motifs is 1. The predicted molar refractivity (Wildman–Crippen MR) is 78.5 cm³/mol. The normalized spacial score (nSPS) is 14.6. The number of nitrogens with zero attached hydrogens (tertiary/aromatic N) is 1. The third kappa shape index (κ3) is 3.37. The van der Waals surface area contributed by atoms with E-state index in [9.17, 15) is 0 Å². The first kappa shape index (κ1) is 12.2. The van der Waals surface area contributed by atoms with Gasteiger partial charge in [-0.15, -0.1) is 0 Å². The summed E-state index contributed by atoms with van der Waals surface area (Å²) in [5, 5.41) is 3.26. The summed E-state index contributed by atoms with van der Waals surface area (Å²) in [6.45, 7) is 2.22. The van der Waals surface area contributed by atoms with Gasteiger partial charge >= 0.3 is 0 Å². The maximum absolute atomic E-state index is 5.33. The molecule has 1 aliphatic rings. The number of hydrogen-bond acceptors (Lipinski definition) is 2. The Balaban J connectivity index is 2.16. The lowest BCUT2D eigenvalue weighted by molar-refractivity contribution is 0.740. The minimum Gasteiger partial charge on any atom is -0.348 e. The standard InChI is InChI=1S/C14H18N2S/c1-2-3-4-7-11-10-14(17)16-13-9-6-5-8-12(13)15-11/h5-6,8-9H,2-4,7,10H2,1H3,(H,16,17). The minimum absolute atomic E-state index is 0.799. The fraction of sp³-hybridized carbons (Fsp3) is 0.429. The van der Waals surface area contributed by atoms with Gasteiger partial charge in [-0.1, -0.05) is 44.1 Å². The Morgan fingerprint density at radius 1 is 1.29 bits per heavy atom. The second-order valence-corrected chi connectivity index (χ2v) is 4.87. The number of anilines is 1. The van der Waals surface area contributed by atoms with Crippen LogP contribution in [0.4, 0.5) is 11.4 Å². The SMILES string of the molecule is CCCCCC1=Nc2ccccc2NC(=S)C1. The van der Waals surface area contributed by atoms with Gasteiger partial charge in [0.2, 0.25) is 0 Å². The first-order chi connectivity index (χ1) is 8.29. The van der Waals surface area contributed by atoms with Gasteiger partial charge in [-0.3, -0.25) is 4.99 Å². The van der Waals surface area contributed by atoms with E-state index in [0.29, 0.717) is 0 Å². The molecule has 0 bridgehead atoms. The molecule has 1 aromatic carbocycles. The van der Waals surface area contributed by atoms with Crippen molar-refractivity contribution in [1.29, 1.82) is 0 Å². The molecule has 2 nitrogen and oxygen atoms in total. The highest BCUT2D eigenvalue weighted by atomic mass is 32.1. The molecule has 0 unspecified atom stereocenters. The van der Waals surface area contributed by atoms with Crippen molar-refractivity contribution < 1.29 is 0 Å². The summed E-state index contributed by atoms with van der Waals surface area (Å²) in [4.78, 5) is 5.61. The molecule has 17 heavy (non-hydrogen) atoms. The molecule has 0 aromatic heterocycles. The van der Waals surface area contributed by atoms with E-state index < -0.39 is 0 Å². The lowest BCUT2D eigenvalue weighted by atomic mass is 10.1. The Kier molecular flexibility index (Phi) is 4.26. The Labute approximate surface area is 108 Å². The molecule has 0 saturated heterocycles. The number of nitrogens with one attached hydrogen (secondary N) is 1. The van der Waals surface area contributed by atoms with Crippen LogP contribution in [0.25, 0.3) is 0 Å². The van der Waals surface area contributed by atoms with Crippen LogP contribution in [0.3, 0.4) is 0 Å². The lowest BCUT2D eigenvalue weighted by Crippen LogP contribution is -2.12. The molecule has 1 aliphatic heterocycles. The van der Waals surface area contributed by atoms with E-state index in [1.807, 2.05) is 24.3 Å². The van der Waals surface area contributed by atoms with E-state index in [2.05, 4.69) is 12.2 Å². The average molecular weight is 246 g/mol. The van der Waals surface area contributed by atoms with E-state index in [4.69, 9.17) is 17.2 Å². The van der Waals surface area contributed by atoms with E-state index in [1.54, 1.807) is 0 Å². The van der Waals surface area contributed by atoms with Crippen LogP contribution in [0, 0.1) is 0 Å². The summed E-state index contributed by atoms with van der Waals surface area (Å²) in [6.07, 6.45) is 5.57. The minimum atomic E-state index is 0.799. The van der Waals surface area contributed by atoms with Crippen LogP contribution in [0.15, 0.2) is 29.3 Å². The molecule has 3 heteroatoms. The number of hydrogen-bond donors (Lipinski definition) is 1. The number of para-hydroxylation sites is 2. The van der Waals surface area contributed by atoms with Crippen molar-refractivity contribution in [3.63, 3.8) is 0 Å². The maximum atomic E-state index is 5.33. The highest BCUT2D eigenvalue weighted by Gasteiger charge is 2.12. The summed E-state index contributed by atoms with van der Waals surface area (Å²) in [5.41, 5.74) is 3.25. The van der Waals surface area contributed by atoms with Gasteiger partial charge in [-0.05, 0) is 25.0 Å². The van der Waals surface area contributed by atoms with E-state index in [0.717, 1.165) is 29.2 Å². The zero-order valence-corrected chi connectivity index (χ0v) is 11.0. The Morgan fingerprint density at radius 3 is 2.94 bits per heavy atom. The van der Waals surface area contributed by atoms with Gasteiger partial charge in [0.15, 0.2) is 0 Å². The van der Waals surface area contributed by atoms with Gasteiger partial charge in [0.05, 0.1) is 16.4 Å². The lowest BCUT2D eigenvalue weighted by Gasteiger charge is -2.05. The quantitative estimate of drug-likeness (QED) is 0.625. The molecule has 0 spiro atoms. The number of aliphatic imine (C=N–C) groups is 1. The van der Waals surface area contributed by atoms with Crippen LogP contribution < -0.4 is 5.32 Å². The molecule has 0 saturated carbocycles. The first-order valence-electron chi connectivity index (χ1n) is 6.25. The van der Waals surface area contributed by atoms with Crippen LogP contribution in [0.2, 0.25) is 0 Å². The van der Waals surface area contributed by atoms with E-state index >= 15 is 0 Å². The molecular formula is C14H18N2S. The molecule has 0 amide bonds. The van der Waals surface area contributed by atoms with Crippen LogP contribution in [-0.4, -0.2) is 10.7 Å². The average Bonchev–Trinajstić information content (AvgIpc) is 2.47. The summed E-state index contributed by atoms with van der Waals surface area (Å²) in [5.74, 6) is 0. The van der Waals surface area contributed by atoms with Gasteiger partial charge in [0, 0.05) is 12.1 Å². The van der Waals surface area contributed by atoms with Crippen molar-refractivity contribution >= 4 is 34.3 Å². The van der Waals surface area contributed by atoms with Crippen molar-refractivity contribution in [3.05, 3.63) is 24.3 Å². The van der Waals surface area contributed by atoms with Crippen molar-refractivity contribution in [3.8, 4) is 0 Å². The van der Waals surface area contributed by atoms with Crippen molar-refractivity contribution in [2.75, 3.05) is 5.32 Å². The number of thiocarbonyl (C=S) groups is 1. The second-order valence-electron chi connectivity index (χ2n) is 4.38.